The van der Waals surface area contributed by atoms with E-state index in [9.17, 15) is 18.0 Å². The summed E-state index contributed by atoms with van der Waals surface area (Å²) in [7, 11) is 0. The second-order valence-corrected chi connectivity index (χ2v) is 6.13. The molecule has 1 amide bonds. The number of amides is 1. The van der Waals surface area contributed by atoms with Crippen molar-refractivity contribution in [1.29, 1.82) is 0 Å². The zero-order valence-electron chi connectivity index (χ0n) is 13.2. The van der Waals surface area contributed by atoms with Gasteiger partial charge in [0.1, 0.15) is 0 Å². The van der Waals surface area contributed by atoms with E-state index in [-0.39, 0.29) is 24.5 Å². The van der Waals surface area contributed by atoms with Crippen LogP contribution in [0.2, 0.25) is 0 Å². The molecule has 2 rings (SSSR count). The molecule has 0 radical (unpaired) electrons. The van der Waals surface area contributed by atoms with Crippen molar-refractivity contribution in [2.24, 2.45) is 0 Å². The molecule has 0 spiro atoms. The van der Waals surface area contributed by atoms with Crippen LogP contribution in [0.3, 0.4) is 0 Å². The summed E-state index contributed by atoms with van der Waals surface area (Å²) in [6.07, 6.45) is 1.16. The summed E-state index contributed by atoms with van der Waals surface area (Å²) in [5.41, 5.74) is -0.152. The van der Waals surface area contributed by atoms with Crippen molar-refractivity contribution in [2.75, 3.05) is 6.54 Å². The van der Waals surface area contributed by atoms with Gasteiger partial charge in [0.15, 0.2) is 0 Å². The van der Waals surface area contributed by atoms with Crippen molar-refractivity contribution in [3.8, 4) is 0 Å². The second kappa shape index (κ2) is 7.81. The first-order valence-corrected chi connectivity index (χ1v) is 8.06. The minimum absolute atomic E-state index is 0.101. The summed E-state index contributed by atoms with van der Waals surface area (Å²) in [4.78, 5) is 11.9. The molecule has 1 aliphatic carbocycles. The summed E-state index contributed by atoms with van der Waals surface area (Å²) in [6, 6.07) is 5.10. The highest BCUT2D eigenvalue weighted by molar-refractivity contribution is 5.78. The maximum absolute atomic E-state index is 12.7. The highest BCUT2D eigenvalue weighted by Crippen LogP contribution is 2.30. The molecule has 1 atom stereocenters. The summed E-state index contributed by atoms with van der Waals surface area (Å²) < 4.78 is 38.2. The van der Waals surface area contributed by atoms with Crippen LogP contribution in [0.15, 0.2) is 24.3 Å². The Labute approximate surface area is 134 Å². The Morgan fingerprint density at radius 2 is 1.96 bits per heavy atom. The van der Waals surface area contributed by atoms with Crippen molar-refractivity contribution in [3.05, 3.63) is 35.4 Å². The van der Waals surface area contributed by atoms with Crippen LogP contribution >= 0.6 is 0 Å². The van der Waals surface area contributed by atoms with E-state index < -0.39 is 11.7 Å². The molecule has 3 nitrogen and oxygen atoms in total. The van der Waals surface area contributed by atoms with Crippen LogP contribution in [0.25, 0.3) is 0 Å². The van der Waals surface area contributed by atoms with Crippen LogP contribution in [0, 0.1) is 0 Å². The molecule has 2 N–H and O–H groups in total. The smallest absolute Gasteiger partial charge is 0.352 e. The number of nitrogens with one attached hydrogen (secondary N) is 2. The fraction of sp³-hybridized carbons (Fsp3) is 0.588. The lowest BCUT2D eigenvalue weighted by Crippen LogP contribution is -2.41. The predicted octanol–water partition coefficient (Wildman–Crippen LogP) is 3.80. The van der Waals surface area contributed by atoms with Crippen LogP contribution in [0.5, 0.6) is 0 Å². The van der Waals surface area contributed by atoms with Gasteiger partial charge in [-0.05, 0) is 37.5 Å². The molecule has 0 heterocycles. The lowest BCUT2D eigenvalue weighted by Gasteiger charge is -2.23. The van der Waals surface area contributed by atoms with Gasteiger partial charge in [-0.1, -0.05) is 31.4 Å². The number of halogens is 3. The predicted molar refractivity (Wildman–Crippen MR) is 82.9 cm³/mol. The maximum Gasteiger partial charge on any atom is 0.416 e. The first-order valence-electron chi connectivity index (χ1n) is 8.06. The van der Waals surface area contributed by atoms with Crippen molar-refractivity contribution in [1.82, 2.24) is 10.6 Å². The van der Waals surface area contributed by atoms with Gasteiger partial charge in [0.25, 0.3) is 0 Å². The maximum atomic E-state index is 12.7. The van der Waals surface area contributed by atoms with Crippen LogP contribution in [-0.2, 0) is 11.0 Å². The summed E-state index contributed by atoms with van der Waals surface area (Å²) in [6.45, 7) is 1.86. The third kappa shape index (κ3) is 5.53. The molecular weight excluding hydrogens is 305 g/mol. The molecule has 0 aliphatic heterocycles. The highest BCUT2D eigenvalue weighted by Gasteiger charge is 2.30. The molecule has 6 heteroatoms. The van der Waals surface area contributed by atoms with E-state index in [2.05, 4.69) is 10.6 Å². The number of rotatable bonds is 5. The molecule has 1 saturated carbocycles. The van der Waals surface area contributed by atoms with Gasteiger partial charge in [0.05, 0.1) is 12.1 Å². The first-order chi connectivity index (χ1) is 10.9. The van der Waals surface area contributed by atoms with Crippen molar-refractivity contribution in [2.45, 2.75) is 57.3 Å². The van der Waals surface area contributed by atoms with Gasteiger partial charge in [-0.2, -0.15) is 13.2 Å². The molecule has 1 aromatic rings. The summed E-state index contributed by atoms with van der Waals surface area (Å²) in [5.74, 6) is -0.101. The van der Waals surface area contributed by atoms with E-state index in [1.165, 1.54) is 12.5 Å². The third-order valence-corrected chi connectivity index (χ3v) is 4.25. The van der Waals surface area contributed by atoms with Crippen molar-refractivity contribution in [3.63, 3.8) is 0 Å². The lowest BCUT2D eigenvalue weighted by atomic mass is 9.95. The average molecular weight is 328 g/mol. The first kappa shape index (κ1) is 17.8. The van der Waals surface area contributed by atoms with E-state index in [4.69, 9.17) is 0 Å². The molecular formula is C17H23F3N2O. The molecule has 0 bridgehead atoms. The minimum atomic E-state index is -4.35. The molecule has 0 saturated heterocycles. The number of hydrogen-bond acceptors (Lipinski definition) is 2. The van der Waals surface area contributed by atoms with Gasteiger partial charge in [-0.3, -0.25) is 4.79 Å². The number of hydrogen-bond donors (Lipinski definition) is 2. The van der Waals surface area contributed by atoms with Crippen LogP contribution in [-0.4, -0.2) is 18.5 Å². The third-order valence-electron chi connectivity index (χ3n) is 4.25. The van der Waals surface area contributed by atoms with Crippen molar-refractivity contribution < 1.29 is 18.0 Å². The largest absolute Gasteiger partial charge is 0.416 e. The molecule has 1 aliphatic rings. The number of benzene rings is 1. The SMILES string of the molecule is C[C@H](NCC(=O)NC1CCCCC1)c1cccc(C(F)(F)F)c1. The number of carbonyl (C=O) groups is 1. The Morgan fingerprint density at radius 3 is 2.61 bits per heavy atom. The minimum Gasteiger partial charge on any atom is -0.352 e. The normalized spacial score (nSPS) is 17.7. The standard InChI is InChI=1S/C17H23F3N2O/c1-12(13-6-5-7-14(10-13)17(18,19)20)21-11-16(23)22-15-8-3-2-4-9-15/h5-7,10,12,15,21H,2-4,8-9,11H2,1H3,(H,22,23)/t12-/m0/s1. The monoisotopic (exact) mass is 328 g/mol. The Hall–Kier alpha value is -1.56. The molecule has 0 unspecified atom stereocenters. The van der Waals surface area contributed by atoms with E-state index in [0.717, 1.165) is 37.8 Å². The Bertz CT molecular complexity index is 525. The molecule has 1 aromatic carbocycles. The van der Waals surface area contributed by atoms with Crippen molar-refractivity contribution >= 4 is 5.91 Å². The van der Waals surface area contributed by atoms with Gasteiger partial charge < -0.3 is 10.6 Å². The topological polar surface area (TPSA) is 41.1 Å². The van der Waals surface area contributed by atoms with E-state index >= 15 is 0 Å². The fourth-order valence-corrected chi connectivity index (χ4v) is 2.87. The van der Waals surface area contributed by atoms with Gasteiger partial charge >= 0.3 is 6.18 Å². The molecule has 23 heavy (non-hydrogen) atoms. The van der Waals surface area contributed by atoms with E-state index in [1.54, 1.807) is 13.0 Å². The quantitative estimate of drug-likeness (QED) is 0.863. The van der Waals surface area contributed by atoms with Crippen LogP contribution in [0.4, 0.5) is 13.2 Å². The van der Waals surface area contributed by atoms with Gasteiger partial charge in [0, 0.05) is 12.1 Å². The average Bonchev–Trinajstić information content (AvgIpc) is 2.53. The zero-order valence-corrected chi connectivity index (χ0v) is 13.2. The number of alkyl halides is 3. The molecule has 0 aromatic heterocycles. The Morgan fingerprint density at radius 1 is 1.26 bits per heavy atom. The van der Waals surface area contributed by atoms with Crippen LogP contribution in [0.1, 0.15) is 56.2 Å². The zero-order chi connectivity index (χ0) is 16.9. The van der Waals surface area contributed by atoms with E-state index in [1.807, 2.05) is 0 Å². The van der Waals surface area contributed by atoms with E-state index in [0.29, 0.717) is 5.56 Å². The Kier molecular flexibility index (Phi) is 6.04. The van der Waals surface area contributed by atoms with Gasteiger partial charge in [-0.25, -0.2) is 0 Å². The second-order valence-electron chi connectivity index (χ2n) is 6.13. The Balaban J connectivity index is 1.84. The molecule has 1 fully saturated rings. The fourth-order valence-electron chi connectivity index (χ4n) is 2.87. The highest BCUT2D eigenvalue weighted by atomic mass is 19.4. The number of carbonyl (C=O) groups excluding carboxylic acids is 1. The molecule has 128 valence electrons. The van der Waals surface area contributed by atoms with Crippen LogP contribution < -0.4 is 10.6 Å². The summed E-state index contributed by atoms with van der Waals surface area (Å²) in [5, 5.41) is 5.97. The lowest BCUT2D eigenvalue weighted by molar-refractivity contribution is -0.137. The summed E-state index contributed by atoms with van der Waals surface area (Å²) >= 11 is 0. The van der Waals surface area contributed by atoms with Gasteiger partial charge in [-0.15, -0.1) is 0 Å². The van der Waals surface area contributed by atoms with Gasteiger partial charge in [0.2, 0.25) is 5.91 Å².